The number of hydrogen-bond donors (Lipinski definition) is 1. The zero-order valence-electron chi connectivity index (χ0n) is 21.6. The van der Waals surface area contributed by atoms with E-state index in [1.807, 2.05) is 6.07 Å². The standard InChI is InChI=1S/C28H43N3O4/c1-3-5-6-7-8-9-10-11-12-13-14-15-19-22-26(32)29-25-23-27(33)30(24-20-17-16-18-21-24)31(25)28(34)35-4-2/h16-18,20-21,23H,3-15,19,22H2,1-2H3,(H,29,32). The number of rotatable bonds is 17. The van der Waals surface area contributed by atoms with Gasteiger partial charge in [0.2, 0.25) is 5.91 Å². The minimum absolute atomic E-state index is 0.122. The molecule has 2 rings (SSSR count). The summed E-state index contributed by atoms with van der Waals surface area (Å²) in [5.74, 6) is -0.0895. The second-order valence-corrected chi connectivity index (χ2v) is 9.07. The number of anilines is 1. The van der Waals surface area contributed by atoms with Crippen molar-refractivity contribution in [1.29, 1.82) is 0 Å². The van der Waals surface area contributed by atoms with E-state index >= 15 is 0 Å². The van der Waals surface area contributed by atoms with Crippen LogP contribution in [0.2, 0.25) is 0 Å². The molecule has 0 saturated heterocycles. The second-order valence-electron chi connectivity index (χ2n) is 9.07. The van der Waals surface area contributed by atoms with Crippen LogP contribution in [0.15, 0.2) is 41.2 Å². The molecule has 2 aromatic rings. The predicted octanol–water partition coefficient (Wildman–Crippen LogP) is 7.06. The van der Waals surface area contributed by atoms with Gasteiger partial charge in [-0.05, 0) is 25.5 Å². The van der Waals surface area contributed by atoms with Crippen LogP contribution in [0.1, 0.15) is 104 Å². The van der Waals surface area contributed by atoms with Gasteiger partial charge in [0.1, 0.15) is 5.82 Å². The van der Waals surface area contributed by atoms with Gasteiger partial charge >= 0.3 is 6.09 Å². The van der Waals surface area contributed by atoms with E-state index in [-0.39, 0.29) is 18.3 Å². The Morgan fingerprint density at radius 3 is 1.89 bits per heavy atom. The molecule has 0 atom stereocenters. The monoisotopic (exact) mass is 485 g/mol. The van der Waals surface area contributed by atoms with Crippen LogP contribution in [-0.2, 0) is 9.53 Å². The molecule has 0 spiro atoms. The average Bonchev–Trinajstić information content (AvgIpc) is 3.18. The first kappa shape index (κ1) is 28.4. The van der Waals surface area contributed by atoms with E-state index in [1.54, 1.807) is 31.2 Å². The van der Waals surface area contributed by atoms with E-state index in [0.717, 1.165) is 23.9 Å². The summed E-state index contributed by atoms with van der Waals surface area (Å²) in [6.45, 7) is 4.10. The van der Waals surface area contributed by atoms with Gasteiger partial charge in [-0.15, -0.1) is 0 Å². The van der Waals surface area contributed by atoms with E-state index in [0.29, 0.717) is 12.1 Å². The van der Waals surface area contributed by atoms with Gasteiger partial charge in [0.25, 0.3) is 5.56 Å². The summed E-state index contributed by atoms with van der Waals surface area (Å²) in [6.07, 6.45) is 15.8. The number of para-hydroxylation sites is 1. The zero-order chi connectivity index (χ0) is 25.3. The quantitative estimate of drug-likeness (QED) is 0.243. The van der Waals surface area contributed by atoms with Crippen LogP contribution < -0.4 is 10.9 Å². The molecule has 0 aliphatic rings. The summed E-state index contributed by atoms with van der Waals surface area (Å²) in [4.78, 5) is 37.7. The number of benzene rings is 1. The summed E-state index contributed by atoms with van der Waals surface area (Å²) in [7, 11) is 0. The first-order valence-electron chi connectivity index (χ1n) is 13.5. The maximum Gasteiger partial charge on any atom is 0.435 e. The van der Waals surface area contributed by atoms with Gasteiger partial charge in [-0.1, -0.05) is 102 Å². The molecule has 1 aromatic heterocycles. The normalized spacial score (nSPS) is 10.9. The van der Waals surface area contributed by atoms with Gasteiger partial charge in [0.05, 0.1) is 12.3 Å². The van der Waals surface area contributed by atoms with Crippen LogP contribution in [0, 0.1) is 0 Å². The third-order valence-electron chi connectivity index (χ3n) is 6.11. The number of carbonyl (C=O) groups is 2. The van der Waals surface area contributed by atoms with Crippen molar-refractivity contribution >= 4 is 17.8 Å². The van der Waals surface area contributed by atoms with Crippen molar-refractivity contribution in [2.45, 2.75) is 104 Å². The minimum Gasteiger partial charge on any atom is -0.448 e. The first-order valence-corrected chi connectivity index (χ1v) is 13.5. The molecule has 7 heteroatoms. The lowest BCUT2D eigenvalue weighted by molar-refractivity contribution is -0.116. The van der Waals surface area contributed by atoms with Gasteiger partial charge in [-0.2, -0.15) is 4.68 Å². The molecule has 1 aromatic carbocycles. The molecule has 194 valence electrons. The number of nitrogens with zero attached hydrogens (tertiary/aromatic N) is 2. The summed E-state index contributed by atoms with van der Waals surface area (Å²) in [5.41, 5.74) is 0.100. The molecule has 1 amide bonds. The maximum atomic E-state index is 12.6. The molecule has 0 aliphatic carbocycles. The highest BCUT2D eigenvalue weighted by atomic mass is 16.6. The Morgan fingerprint density at radius 1 is 0.800 bits per heavy atom. The van der Waals surface area contributed by atoms with Crippen LogP contribution in [0.5, 0.6) is 0 Å². The number of amides is 1. The van der Waals surface area contributed by atoms with Crippen molar-refractivity contribution in [3.63, 3.8) is 0 Å². The van der Waals surface area contributed by atoms with E-state index in [1.165, 1.54) is 75.0 Å². The van der Waals surface area contributed by atoms with Gasteiger partial charge in [-0.25, -0.2) is 9.48 Å². The molecule has 0 unspecified atom stereocenters. The molecule has 1 heterocycles. The number of ether oxygens (including phenoxy) is 1. The van der Waals surface area contributed by atoms with Crippen molar-refractivity contribution in [2.24, 2.45) is 0 Å². The zero-order valence-corrected chi connectivity index (χ0v) is 21.6. The highest BCUT2D eigenvalue weighted by Gasteiger charge is 2.21. The fraction of sp³-hybridized carbons (Fsp3) is 0.607. The van der Waals surface area contributed by atoms with Gasteiger partial charge in [0.15, 0.2) is 0 Å². The lowest BCUT2D eigenvalue weighted by Gasteiger charge is -2.13. The highest BCUT2D eigenvalue weighted by Crippen LogP contribution is 2.15. The van der Waals surface area contributed by atoms with Gasteiger partial charge in [0, 0.05) is 12.5 Å². The Labute approximate surface area is 209 Å². The van der Waals surface area contributed by atoms with Gasteiger partial charge in [-0.3, -0.25) is 9.59 Å². The Morgan fingerprint density at radius 2 is 1.34 bits per heavy atom. The third kappa shape index (κ3) is 10.1. The average molecular weight is 486 g/mol. The lowest BCUT2D eigenvalue weighted by Crippen LogP contribution is -2.28. The molecule has 0 saturated carbocycles. The van der Waals surface area contributed by atoms with E-state index in [9.17, 15) is 14.4 Å². The SMILES string of the molecule is CCCCCCCCCCCCCCCC(=O)Nc1cc(=O)n(-c2ccccc2)n1C(=O)OCC. The van der Waals surface area contributed by atoms with Crippen LogP contribution in [0.4, 0.5) is 10.6 Å². The minimum atomic E-state index is -0.713. The molecular formula is C28H43N3O4. The van der Waals surface area contributed by atoms with Crippen molar-refractivity contribution in [1.82, 2.24) is 9.36 Å². The number of carbonyl (C=O) groups excluding carboxylic acids is 2. The summed E-state index contributed by atoms with van der Waals surface area (Å²) >= 11 is 0. The Kier molecular flexibility index (Phi) is 13.6. The Hall–Kier alpha value is -2.83. The number of nitrogens with one attached hydrogen (secondary N) is 1. The number of unbranched alkanes of at least 4 members (excludes halogenated alkanes) is 12. The van der Waals surface area contributed by atoms with Crippen molar-refractivity contribution in [3.05, 3.63) is 46.8 Å². The molecule has 35 heavy (non-hydrogen) atoms. The van der Waals surface area contributed by atoms with Crippen molar-refractivity contribution in [2.75, 3.05) is 11.9 Å². The maximum absolute atomic E-state index is 12.6. The Balaban J connectivity index is 1.74. The van der Waals surface area contributed by atoms with E-state index in [2.05, 4.69) is 12.2 Å². The van der Waals surface area contributed by atoms with Crippen LogP contribution in [0.25, 0.3) is 5.69 Å². The summed E-state index contributed by atoms with van der Waals surface area (Å²) in [5, 5.41) is 2.73. The van der Waals surface area contributed by atoms with Crippen LogP contribution >= 0.6 is 0 Å². The van der Waals surface area contributed by atoms with Gasteiger partial charge < -0.3 is 10.1 Å². The molecule has 0 fully saturated rings. The fourth-order valence-corrected chi connectivity index (χ4v) is 4.22. The smallest absolute Gasteiger partial charge is 0.435 e. The lowest BCUT2D eigenvalue weighted by atomic mass is 10.0. The Bertz CT molecular complexity index is 933. The summed E-state index contributed by atoms with van der Waals surface area (Å²) < 4.78 is 7.41. The van der Waals surface area contributed by atoms with E-state index < -0.39 is 11.7 Å². The second kappa shape index (κ2) is 16.7. The molecule has 0 bridgehead atoms. The number of hydrogen-bond acceptors (Lipinski definition) is 4. The molecule has 0 aliphatic heterocycles. The van der Waals surface area contributed by atoms with Crippen LogP contribution in [0.3, 0.4) is 0 Å². The van der Waals surface area contributed by atoms with Crippen molar-refractivity contribution in [3.8, 4) is 5.69 Å². The molecule has 0 radical (unpaired) electrons. The third-order valence-corrected chi connectivity index (χ3v) is 6.11. The van der Waals surface area contributed by atoms with Crippen molar-refractivity contribution < 1.29 is 14.3 Å². The molecular weight excluding hydrogens is 442 g/mol. The highest BCUT2D eigenvalue weighted by molar-refractivity contribution is 5.91. The largest absolute Gasteiger partial charge is 0.448 e. The predicted molar refractivity (Wildman–Crippen MR) is 141 cm³/mol. The number of aromatic nitrogens is 2. The van der Waals surface area contributed by atoms with E-state index in [4.69, 9.17) is 4.74 Å². The first-order chi connectivity index (χ1) is 17.1. The molecule has 7 nitrogen and oxygen atoms in total. The summed E-state index contributed by atoms with van der Waals surface area (Å²) in [6, 6.07) is 10.1. The fourth-order valence-electron chi connectivity index (χ4n) is 4.22. The van der Waals surface area contributed by atoms with Crippen LogP contribution in [-0.4, -0.2) is 28.0 Å². The molecule has 1 N–H and O–H groups in total. The topological polar surface area (TPSA) is 82.3 Å².